The fourth-order valence-corrected chi connectivity index (χ4v) is 2.98. The number of aromatic nitrogens is 2. The van der Waals surface area contributed by atoms with E-state index in [0.29, 0.717) is 34.0 Å². The summed E-state index contributed by atoms with van der Waals surface area (Å²) in [6, 6.07) is 5.81. The number of methoxy groups -OCH3 is 1. The van der Waals surface area contributed by atoms with Crippen LogP contribution in [0.1, 0.15) is 39.5 Å². The van der Waals surface area contributed by atoms with Crippen LogP contribution in [0.4, 0.5) is 11.5 Å². The fourth-order valence-electron chi connectivity index (χ4n) is 2.72. The van der Waals surface area contributed by atoms with Crippen molar-refractivity contribution in [2.75, 3.05) is 18.2 Å². The van der Waals surface area contributed by atoms with Crippen molar-refractivity contribution in [2.45, 2.75) is 45.6 Å². The molecule has 0 aliphatic heterocycles. The van der Waals surface area contributed by atoms with E-state index in [1.165, 1.54) is 6.33 Å². The van der Waals surface area contributed by atoms with Crippen molar-refractivity contribution in [3.63, 3.8) is 0 Å². The summed E-state index contributed by atoms with van der Waals surface area (Å²) in [5.74, 6) is 1.36. The third-order valence-electron chi connectivity index (χ3n) is 3.93. The Kier molecular flexibility index (Phi) is 6.67. The maximum atomic E-state index is 6.36. The third-order valence-corrected chi connectivity index (χ3v) is 4.24. The molecule has 1 aromatic carbocycles. The molecule has 2 rings (SSSR count). The molecule has 1 aromatic heterocycles. The van der Waals surface area contributed by atoms with Crippen molar-refractivity contribution in [1.82, 2.24) is 9.97 Å². The highest BCUT2D eigenvalue weighted by Crippen LogP contribution is 2.35. The number of nitrogen functional groups attached to an aromatic ring is 1. The second-order valence-electron chi connectivity index (χ2n) is 5.75. The van der Waals surface area contributed by atoms with Gasteiger partial charge >= 0.3 is 0 Å². The number of benzene rings is 1. The first kappa shape index (κ1) is 18.3. The van der Waals surface area contributed by atoms with Crippen molar-refractivity contribution in [3.05, 3.63) is 29.5 Å². The van der Waals surface area contributed by atoms with Gasteiger partial charge in [-0.2, -0.15) is 0 Å². The molecule has 0 radical (unpaired) electrons. The molecule has 24 heavy (non-hydrogen) atoms. The van der Waals surface area contributed by atoms with Crippen LogP contribution in [0.3, 0.4) is 0 Å². The summed E-state index contributed by atoms with van der Waals surface area (Å²) in [7, 11) is 1.61. The number of hydrogen-bond donors (Lipinski definition) is 2. The van der Waals surface area contributed by atoms with E-state index >= 15 is 0 Å². The number of halogens is 1. The molecular weight excluding hydrogens is 324 g/mol. The molecule has 0 atom stereocenters. The van der Waals surface area contributed by atoms with Gasteiger partial charge < -0.3 is 15.8 Å². The summed E-state index contributed by atoms with van der Waals surface area (Å²) in [6.07, 6.45) is 5.90. The molecule has 6 heteroatoms. The van der Waals surface area contributed by atoms with Gasteiger partial charge in [0.05, 0.1) is 12.1 Å². The Morgan fingerprint density at radius 2 is 1.92 bits per heavy atom. The van der Waals surface area contributed by atoms with E-state index in [-0.39, 0.29) is 0 Å². The van der Waals surface area contributed by atoms with Crippen LogP contribution < -0.4 is 15.8 Å². The molecule has 130 valence electrons. The van der Waals surface area contributed by atoms with Crippen molar-refractivity contribution in [3.8, 4) is 17.0 Å². The van der Waals surface area contributed by atoms with Gasteiger partial charge in [-0.1, -0.05) is 38.3 Å². The first-order valence-electron chi connectivity index (χ1n) is 8.31. The highest BCUT2D eigenvalue weighted by molar-refractivity contribution is 6.33. The van der Waals surface area contributed by atoms with Crippen LogP contribution in [0.15, 0.2) is 24.5 Å². The van der Waals surface area contributed by atoms with Crippen LogP contribution in [0.25, 0.3) is 11.3 Å². The molecule has 0 saturated carbocycles. The van der Waals surface area contributed by atoms with Gasteiger partial charge in [-0.15, -0.1) is 0 Å². The first-order chi connectivity index (χ1) is 11.6. The van der Waals surface area contributed by atoms with Gasteiger partial charge in [-0.05, 0) is 31.0 Å². The highest BCUT2D eigenvalue weighted by atomic mass is 35.5. The molecule has 3 N–H and O–H groups in total. The predicted octanol–water partition coefficient (Wildman–Crippen LogP) is 4.77. The van der Waals surface area contributed by atoms with E-state index in [9.17, 15) is 0 Å². The zero-order valence-corrected chi connectivity index (χ0v) is 15.2. The van der Waals surface area contributed by atoms with Gasteiger partial charge in [0.15, 0.2) is 5.82 Å². The number of hydrogen-bond acceptors (Lipinski definition) is 5. The fraction of sp³-hybridized carbons (Fsp3) is 0.444. The minimum Gasteiger partial charge on any atom is -0.497 e. The Hall–Kier alpha value is -2.01. The standard InChI is InChI=1S/C18H25ClN4O/c1-4-6-12(7-5-2)23-18-16(20)17(21-11-22-18)14-9-8-13(24-3)10-15(14)19/h8-12H,4-7,20H2,1-3H3,(H,21,22,23). The van der Waals surface area contributed by atoms with E-state index in [4.69, 9.17) is 22.1 Å². The highest BCUT2D eigenvalue weighted by Gasteiger charge is 2.16. The lowest BCUT2D eigenvalue weighted by atomic mass is 10.1. The maximum Gasteiger partial charge on any atom is 0.153 e. The van der Waals surface area contributed by atoms with Gasteiger partial charge in [0, 0.05) is 11.6 Å². The quantitative estimate of drug-likeness (QED) is 0.718. The molecule has 5 nitrogen and oxygen atoms in total. The summed E-state index contributed by atoms with van der Waals surface area (Å²) in [4.78, 5) is 8.64. The monoisotopic (exact) mass is 348 g/mol. The molecule has 1 heterocycles. The van der Waals surface area contributed by atoms with E-state index < -0.39 is 0 Å². The van der Waals surface area contributed by atoms with E-state index in [0.717, 1.165) is 31.2 Å². The van der Waals surface area contributed by atoms with Crippen LogP contribution in [-0.4, -0.2) is 23.1 Å². The second kappa shape index (κ2) is 8.73. The van der Waals surface area contributed by atoms with Crippen LogP contribution in [0.2, 0.25) is 5.02 Å². The lowest BCUT2D eigenvalue weighted by molar-refractivity contribution is 0.415. The normalized spacial score (nSPS) is 10.9. The zero-order chi connectivity index (χ0) is 17.5. The molecule has 2 aromatic rings. The third kappa shape index (κ3) is 4.29. The Balaban J connectivity index is 2.33. The van der Waals surface area contributed by atoms with E-state index in [1.807, 2.05) is 12.1 Å². The summed E-state index contributed by atoms with van der Waals surface area (Å²) in [5, 5.41) is 4.00. The summed E-state index contributed by atoms with van der Waals surface area (Å²) in [6.45, 7) is 4.35. The van der Waals surface area contributed by atoms with Crippen molar-refractivity contribution in [1.29, 1.82) is 0 Å². The van der Waals surface area contributed by atoms with E-state index in [1.54, 1.807) is 13.2 Å². The topological polar surface area (TPSA) is 73.1 Å². The van der Waals surface area contributed by atoms with Crippen molar-refractivity contribution >= 4 is 23.1 Å². The molecule has 0 fully saturated rings. The van der Waals surface area contributed by atoms with Crippen molar-refractivity contribution in [2.24, 2.45) is 0 Å². The minimum absolute atomic E-state index is 0.358. The Morgan fingerprint density at radius 1 is 1.21 bits per heavy atom. The van der Waals surface area contributed by atoms with Crippen LogP contribution in [-0.2, 0) is 0 Å². The first-order valence-corrected chi connectivity index (χ1v) is 8.69. The molecule has 0 aliphatic carbocycles. The number of nitrogens with zero attached hydrogens (tertiary/aromatic N) is 2. The van der Waals surface area contributed by atoms with E-state index in [2.05, 4.69) is 29.1 Å². The number of nitrogens with two attached hydrogens (primary N) is 1. The maximum absolute atomic E-state index is 6.36. The molecule has 0 spiro atoms. The average Bonchev–Trinajstić information content (AvgIpc) is 2.57. The smallest absolute Gasteiger partial charge is 0.153 e. The molecule has 0 aliphatic rings. The van der Waals surface area contributed by atoms with Gasteiger partial charge in [-0.25, -0.2) is 9.97 Å². The minimum atomic E-state index is 0.358. The number of anilines is 2. The predicted molar refractivity (Wildman–Crippen MR) is 101 cm³/mol. The van der Waals surface area contributed by atoms with Crippen LogP contribution >= 0.6 is 11.6 Å². The van der Waals surface area contributed by atoms with Crippen LogP contribution in [0.5, 0.6) is 5.75 Å². The summed E-state index contributed by atoms with van der Waals surface area (Å²) in [5.41, 5.74) is 8.23. The average molecular weight is 349 g/mol. The molecule has 0 amide bonds. The lowest BCUT2D eigenvalue weighted by Crippen LogP contribution is -2.21. The Morgan fingerprint density at radius 3 is 2.50 bits per heavy atom. The van der Waals surface area contributed by atoms with Gasteiger partial charge in [0.25, 0.3) is 0 Å². The Bertz CT molecular complexity index is 672. The number of nitrogens with one attached hydrogen (secondary N) is 1. The molecule has 0 saturated heterocycles. The van der Waals surface area contributed by atoms with Crippen molar-refractivity contribution < 1.29 is 4.74 Å². The number of ether oxygens (including phenoxy) is 1. The van der Waals surface area contributed by atoms with Gasteiger partial charge in [0.1, 0.15) is 23.5 Å². The zero-order valence-electron chi connectivity index (χ0n) is 14.5. The van der Waals surface area contributed by atoms with Crippen LogP contribution in [0, 0.1) is 0 Å². The Labute approximate surface area is 148 Å². The largest absolute Gasteiger partial charge is 0.497 e. The van der Waals surface area contributed by atoms with Gasteiger partial charge in [-0.3, -0.25) is 0 Å². The summed E-state index contributed by atoms with van der Waals surface area (Å²) < 4.78 is 5.19. The van der Waals surface area contributed by atoms with Gasteiger partial charge in [0.2, 0.25) is 0 Å². The second-order valence-corrected chi connectivity index (χ2v) is 6.16. The SMILES string of the molecule is CCCC(CCC)Nc1ncnc(-c2ccc(OC)cc2Cl)c1N. The summed E-state index contributed by atoms with van der Waals surface area (Å²) >= 11 is 6.36. The molecule has 0 unspecified atom stereocenters. The lowest BCUT2D eigenvalue weighted by Gasteiger charge is -2.20. The molecule has 0 bridgehead atoms. The number of rotatable bonds is 8. The molecular formula is C18H25ClN4O.